The Morgan fingerprint density at radius 3 is 2.61 bits per heavy atom. The Kier molecular flexibility index (Phi) is 4.53. The Morgan fingerprint density at radius 2 is 1.87 bits per heavy atom. The summed E-state index contributed by atoms with van der Waals surface area (Å²) in [5.41, 5.74) is 3.39. The molecule has 1 saturated carbocycles. The van der Waals surface area contributed by atoms with Crippen molar-refractivity contribution in [2.45, 2.75) is 49.8 Å². The van der Waals surface area contributed by atoms with Gasteiger partial charge >= 0.3 is 0 Å². The maximum absolute atomic E-state index is 6.84. The van der Waals surface area contributed by atoms with E-state index in [0.717, 1.165) is 43.6 Å². The lowest BCUT2D eigenvalue weighted by atomic mass is 9.78. The van der Waals surface area contributed by atoms with Crippen molar-refractivity contribution in [2.24, 2.45) is 5.10 Å². The third kappa shape index (κ3) is 3.06. The first-order valence-electron chi connectivity index (χ1n) is 11.1. The van der Waals surface area contributed by atoms with E-state index in [1.54, 1.807) is 18.4 Å². The Bertz CT molecular complexity index is 1100. The molecule has 158 valence electrons. The molecule has 0 saturated heterocycles. The third-order valence-corrected chi connectivity index (χ3v) is 7.97. The standard InChI is InChI=1S/C26H26N2O2S/c1-29-23-10-5-9-20-22-17-21(24-11-6-16-31-24)27-28(22)26(30-25(20)23)14-12-19(13-15-26)18-7-3-2-4-8-18/h2-11,16,19,22H,12-15,17H2,1H3. The largest absolute Gasteiger partial charge is 0.493 e. The van der Waals surface area contributed by atoms with Crippen LogP contribution >= 0.6 is 11.3 Å². The number of para-hydroxylation sites is 1. The first-order chi connectivity index (χ1) is 15.3. The monoisotopic (exact) mass is 430 g/mol. The number of fused-ring (bicyclic) bond motifs is 4. The van der Waals surface area contributed by atoms with Crippen LogP contribution in [0.1, 0.15) is 60.1 Å². The molecule has 0 radical (unpaired) electrons. The SMILES string of the molecule is COc1cccc2c1OC1(CCC(c3ccccc3)CC1)N1N=C(c3cccs3)CC21. The van der Waals surface area contributed by atoms with Crippen LogP contribution in [0.5, 0.6) is 11.5 Å². The zero-order valence-electron chi connectivity index (χ0n) is 17.7. The molecule has 4 nitrogen and oxygen atoms in total. The van der Waals surface area contributed by atoms with E-state index in [0.29, 0.717) is 5.92 Å². The van der Waals surface area contributed by atoms with Gasteiger partial charge in [-0.15, -0.1) is 11.3 Å². The highest BCUT2D eigenvalue weighted by Gasteiger charge is 2.52. The minimum Gasteiger partial charge on any atom is -0.493 e. The second-order valence-corrected chi connectivity index (χ2v) is 9.65. The summed E-state index contributed by atoms with van der Waals surface area (Å²) in [5, 5.41) is 9.60. The van der Waals surface area contributed by atoms with Crippen LogP contribution in [0.2, 0.25) is 0 Å². The highest BCUT2D eigenvalue weighted by Crippen LogP contribution is 2.55. The first-order valence-corrected chi connectivity index (χ1v) is 12.0. The van der Waals surface area contributed by atoms with Gasteiger partial charge in [0.2, 0.25) is 0 Å². The molecular formula is C26H26N2O2S. The molecular weight excluding hydrogens is 404 g/mol. The second-order valence-electron chi connectivity index (χ2n) is 8.70. The summed E-state index contributed by atoms with van der Waals surface area (Å²) in [6, 6.07) is 21.6. The van der Waals surface area contributed by atoms with Crippen LogP contribution in [-0.2, 0) is 0 Å². The molecule has 2 aliphatic heterocycles. The summed E-state index contributed by atoms with van der Waals surface area (Å²) in [4.78, 5) is 1.26. The number of methoxy groups -OCH3 is 1. The van der Waals surface area contributed by atoms with E-state index in [2.05, 4.69) is 65.0 Å². The molecule has 3 heterocycles. The number of hydrogen-bond donors (Lipinski definition) is 0. The molecule has 0 bridgehead atoms. The number of rotatable bonds is 3. The molecule has 1 aromatic heterocycles. The average molecular weight is 431 g/mol. The van der Waals surface area contributed by atoms with E-state index >= 15 is 0 Å². The predicted molar refractivity (Wildman–Crippen MR) is 124 cm³/mol. The fraction of sp³-hybridized carbons (Fsp3) is 0.346. The van der Waals surface area contributed by atoms with E-state index in [1.807, 2.05) is 6.07 Å². The normalized spacial score (nSPS) is 26.7. The number of hydrogen-bond acceptors (Lipinski definition) is 5. The molecule has 1 spiro atoms. The van der Waals surface area contributed by atoms with Crippen LogP contribution in [-0.4, -0.2) is 23.6 Å². The van der Waals surface area contributed by atoms with E-state index in [-0.39, 0.29) is 6.04 Å². The summed E-state index contributed by atoms with van der Waals surface area (Å²) < 4.78 is 12.5. The van der Waals surface area contributed by atoms with Crippen molar-refractivity contribution in [3.8, 4) is 11.5 Å². The molecule has 1 atom stereocenters. The van der Waals surface area contributed by atoms with E-state index < -0.39 is 5.72 Å². The summed E-state index contributed by atoms with van der Waals surface area (Å²) in [5.74, 6) is 2.31. The van der Waals surface area contributed by atoms with Crippen LogP contribution in [0.15, 0.2) is 71.1 Å². The van der Waals surface area contributed by atoms with Gasteiger partial charge in [-0.1, -0.05) is 48.5 Å². The number of nitrogens with zero attached hydrogens (tertiary/aromatic N) is 2. The van der Waals surface area contributed by atoms with Crippen LogP contribution in [0.25, 0.3) is 0 Å². The minimum atomic E-state index is -0.406. The molecule has 3 aromatic rings. The van der Waals surface area contributed by atoms with E-state index in [1.165, 1.54) is 21.7 Å². The van der Waals surface area contributed by atoms with Gasteiger partial charge in [0.25, 0.3) is 0 Å². The quantitative estimate of drug-likeness (QED) is 0.485. The highest BCUT2D eigenvalue weighted by molar-refractivity contribution is 7.12. The first kappa shape index (κ1) is 18.9. The number of ether oxygens (including phenoxy) is 2. The Balaban J connectivity index is 1.38. The average Bonchev–Trinajstić information content (AvgIpc) is 3.51. The summed E-state index contributed by atoms with van der Waals surface area (Å²) in [7, 11) is 1.73. The third-order valence-electron chi connectivity index (χ3n) is 7.05. The fourth-order valence-corrected chi connectivity index (χ4v) is 6.20. The smallest absolute Gasteiger partial charge is 0.198 e. The number of benzene rings is 2. The molecule has 5 heteroatoms. The molecule has 2 aromatic carbocycles. The van der Waals surface area contributed by atoms with Gasteiger partial charge in [-0.05, 0) is 41.8 Å². The van der Waals surface area contributed by atoms with Crippen LogP contribution in [0, 0.1) is 0 Å². The van der Waals surface area contributed by atoms with Crippen molar-refractivity contribution in [1.29, 1.82) is 0 Å². The molecule has 31 heavy (non-hydrogen) atoms. The van der Waals surface area contributed by atoms with E-state index in [9.17, 15) is 0 Å². The van der Waals surface area contributed by atoms with Crippen molar-refractivity contribution in [3.05, 3.63) is 82.0 Å². The van der Waals surface area contributed by atoms with Crippen molar-refractivity contribution in [1.82, 2.24) is 5.01 Å². The molecule has 1 fully saturated rings. The molecule has 6 rings (SSSR count). The van der Waals surface area contributed by atoms with Crippen LogP contribution in [0.3, 0.4) is 0 Å². The lowest BCUT2D eigenvalue weighted by Crippen LogP contribution is -2.55. The fourth-order valence-electron chi connectivity index (χ4n) is 5.48. The molecule has 0 amide bonds. The minimum absolute atomic E-state index is 0.198. The predicted octanol–water partition coefficient (Wildman–Crippen LogP) is 6.35. The van der Waals surface area contributed by atoms with Crippen molar-refractivity contribution in [3.63, 3.8) is 0 Å². The van der Waals surface area contributed by atoms with Gasteiger partial charge in [-0.2, -0.15) is 5.10 Å². The lowest BCUT2D eigenvalue weighted by molar-refractivity contribution is -0.143. The van der Waals surface area contributed by atoms with Gasteiger partial charge in [0, 0.05) is 24.8 Å². The number of thiophene rings is 1. The zero-order valence-corrected chi connectivity index (χ0v) is 18.5. The molecule has 1 unspecified atom stereocenters. The summed E-state index contributed by atoms with van der Waals surface area (Å²) in [6.45, 7) is 0. The second kappa shape index (κ2) is 7.41. The van der Waals surface area contributed by atoms with Crippen LogP contribution in [0.4, 0.5) is 0 Å². The van der Waals surface area contributed by atoms with Crippen molar-refractivity contribution < 1.29 is 9.47 Å². The van der Waals surface area contributed by atoms with E-state index in [4.69, 9.17) is 14.6 Å². The Labute approximate surface area is 187 Å². The van der Waals surface area contributed by atoms with Gasteiger partial charge in [-0.25, -0.2) is 5.01 Å². The summed E-state index contributed by atoms with van der Waals surface area (Å²) in [6.07, 6.45) is 5.03. The van der Waals surface area contributed by atoms with Crippen LogP contribution < -0.4 is 9.47 Å². The molecule has 3 aliphatic rings. The maximum atomic E-state index is 6.84. The van der Waals surface area contributed by atoms with Gasteiger partial charge in [0.1, 0.15) is 0 Å². The van der Waals surface area contributed by atoms with Gasteiger partial charge < -0.3 is 9.47 Å². The van der Waals surface area contributed by atoms with Gasteiger partial charge in [0.15, 0.2) is 17.2 Å². The maximum Gasteiger partial charge on any atom is 0.198 e. The topological polar surface area (TPSA) is 34.1 Å². The van der Waals surface area contributed by atoms with Gasteiger partial charge in [0.05, 0.1) is 23.7 Å². The lowest BCUT2D eigenvalue weighted by Gasteiger charge is -2.50. The Morgan fingerprint density at radius 1 is 1.03 bits per heavy atom. The molecule has 0 N–H and O–H groups in total. The summed E-state index contributed by atoms with van der Waals surface area (Å²) >= 11 is 1.76. The van der Waals surface area contributed by atoms with Crippen molar-refractivity contribution >= 4 is 17.0 Å². The number of hydrazone groups is 1. The zero-order chi connectivity index (χ0) is 20.8. The highest BCUT2D eigenvalue weighted by atomic mass is 32.1. The molecule has 1 aliphatic carbocycles. The van der Waals surface area contributed by atoms with Gasteiger partial charge in [-0.3, -0.25) is 0 Å². The van der Waals surface area contributed by atoms with Crippen molar-refractivity contribution in [2.75, 3.05) is 7.11 Å². The Hall–Kier alpha value is -2.79.